The molecule has 0 aliphatic carbocycles. The van der Waals surface area contributed by atoms with Gasteiger partial charge in [-0.05, 0) is 89.5 Å². The molecule has 7 N–H and O–H groups in total. The molecule has 7 rings (SSSR count). The average molecular weight is 870 g/mol. The molecule has 3 aliphatic heterocycles. The van der Waals surface area contributed by atoms with E-state index in [9.17, 15) is 57.7 Å². The van der Waals surface area contributed by atoms with Gasteiger partial charge in [0.05, 0.1) is 35.8 Å². The van der Waals surface area contributed by atoms with E-state index in [1.54, 1.807) is 41.3 Å². The molecule has 0 aromatic heterocycles. The molecule has 4 aromatic rings. The lowest BCUT2D eigenvalue weighted by molar-refractivity contribution is -0.341. The molecule has 1 amide bonds. The fourth-order valence-corrected chi connectivity index (χ4v) is 9.78. The summed E-state index contributed by atoms with van der Waals surface area (Å²) in [6.07, 6.45) is -15.4. The molecule has 3 heterocycles. The maximum Gasteiger partial charge on any atom is 0.233 e. The Bertz CT molecular complexity index is 2210. The van der Waals surface area contributed by atoms with Gasteiger partial charge in [-0.15, -0.1) is 0 Å². The third-order valence-corrected chi connectivity index (χ3v) is 13.7. The third kappa shape index (κ3) is 9.28. The molecule has 0 radical (unpaired) electrons. The fraction of sp³-hybridized carbons (Fsp3) is 0.432. The normalized spacial score (nSPS) is 31.1. The van der Waals surface area contributed by atoms with E-state index in [-0.39, 0.29) is 34.5 Å². The Labute approximate surface area is 351 Å². The number of hydrogen-bond acceptors (Lipinski definition) is 13. The van der Waals surface area contributed by atoms with Crippen LogP contribution in [0, 0.1) is 17.6 Å². The molecule has 0 bridgehead atoms. The topological polar surface area (TPSA) is 224 Å². The van der Waals surface area contributed by atoms with Gasteiger partial charge in [0.2, 0.25) is 5.91 Å². The van der Waals surface area contributed by atoms with E-state index in [0.29, 0.717) is 24.1 Å². The smallest absolute Gasteiger partial charge is 0.233 e. The van der Waals surface area contributed by atoms with Crippen LogP contribution >= 0.6 is 0 Å². The van der Waals surface area contributed by atoms with Gasteiger partial charge >= 0.3 is 0 Å². The molecular formula is C44H49F2NO13S. The van der Waals surface area contributed by atoms with Crippen LogP contribution in [0.3, 0.4) is 0 Å². The number of β-lactam (4-membered cyclic amide) rings is 1. The van der Waals surface area contributed by atoms with E-state index in [1.807, 2.05) is 31.2 Å². The van der Waals surface area contributed by atoms with Gasteiger partial charge in [-0.25, -0.2) is 17.2 Å². The number of aliphatic hydroxyl groups excluding tert-OH is 7. The number of carbonyl (C=O) groups is 1. The molecule has 3 fully saturated rings. The first-order valence-electron chi connectivity index (χ1n) is 20.0. The highest BCUT2D eigenvalue weighted by Gasteiger charge is 2.51. The summed E-state index contributed by atoms with van der Waals surface area (Å²) in [5.74, 6) is -1.91. The van der Waals surface area contributed by atoms with E-state index in [2.05, 4.69) is 0 Å². The Balaban J connectivity index is 1.02. The quantitative estimate of drug-likeness (QED) is 0.0906. The number of rotatable bonds is 14. The summed E-state index contributed by atoms with van der Waals surface area (Å²) in [4.78, 5) is 15.1. The molecule has 3 aliphatic rings. The molecule has 14 nitrogen and oxygen atoms in total. The van der Waals surface area contributed by atoms with Crippen molar-refractivity contribution in [2.45, 2.75) is 97.8 Å². The van der Waals surface area contributed by atoms with Crippen molar-refractivity contribution >= 4 is 21.4 Å². The second-order valence-electron chi connectivity index (χ2n) is 15.9. The van der Waals surface area contributed by atoms with Gasteiger partial charge in [-0.2, -0.15) is 0 Å². The van der Waals surface area contributed by atoms with Crippen LogP contribution in [-0.2, 0) is 28.8 Å². The monoisotopic (exact) mass is 869 g/mol. The standard InChI is InChI=1S/C44H49F2NO13S/c1-23(24-7-11-28(45)12-8-24)2-19-32-36(47(43(32)55)30-15-13-29(46)14-16-30)27-5-3-25(4-6-27)26-9-17-31(18-10-26)61(56,57)22-35-38(51)40(53)42(34(21-49)58-35)60-44-41(54)39(52)37(50)33(20-48)59-44/h3-18,23,32-42,44,48-54H,2,19-22H2,1H3/t23-,32+,33?,34?,35-,36+,37+,38?,39-,40+,41?,42+,44-/m0/s1. The molecule has 4 aromatic carbocycles. The van der Waals surface area contributed by atoms with Crippen molar-refractivity contribution in [3.63, 3.8) is 0 Å². The van der Waals surface area contributed by atoms with Crippen LogP contribution in [0.2, 0.25) is 0 Å². The Kier molecular flexibility index (Phi) is 13.7. The van der Waals surface area contributed by atoms with Gasteiger partial charge in [-0.1, -0.05) is 55.5 Å². The van der Waals surface area contributed by atoms with E-state index in [1.165, 1.54) is 36.4 Å². The number of amides is 1. The summed E-state index contributed by atoms with van der Waals surface area (Å²) in [6, 6.07) is 25.2. The van der Waals surface area contributed by atoms with Gasteiger partial charge < -0.3 is 54.9 Å². The minimum Gasteiger partial charge on any atom is -0.394 e. The van der Waals surface area contributed by atoms with Crippen molar-refractivity contribution < 1.29 is 71.9 Å². The summed E-state index contributed by atoms with van der Waals surface area (Å²) in [5.41, 5.74) is 3.80. The van der Waals surface area contributed by atoms with Crippen LogP contribution in [-0.4, -0.2) is 130 Å². The molecular weight excluding hydrogens is 821 g/mol. The van der Waals surface area contributed by atoms with E-state index < -0.39 is 95.8 Å². The SMILES string of the molecule is C[C@@H](CC[C@H]1C(=O)N(c2ccc(F)cc2)[C@@H]1c1ccc(-c2ccc(S(=O)(=O)C[C@@H]3OC(CO)[C@@H](O[C@@H]4OC(CO)[C@@H](O)[C@H](O)C4O)[C@H](O)C3O)cc2)cc1)c1ccc(F)cc1. The van der Waals surface area contributed by atoms with Crippen LogP contribution in [0.4, 0.5) is 14.5 Å². The summed E-state index contributed by atoms with van der Waals surface area (Å²) in [6.45, 7) is 0.468. The zero-order chi connectivity index (χ0) is 43.7. The van der Waals surface area contributed by atoms with Gasteiger partial charge in [0, 0.05) is 5.69 Å². The van der Waals surface area contributed by atoms with Crippen molar-refractivity contribution in [3.05, 3.63) is 120 Å². The molecule has 3 saturated heterocycles. The van der Waals surface area contributed by atoms with E-state index in [0.717, 1.165) is 16.7 Å². The second-order valence-corrected chi connectivity index (χ2v) is 17.9. The van der Waals surface area contributed by atoms with E-state index >= 15 is 0 Å². The lowest BCUT2D eigenvalue weighted by Crippen LogP contribution is -2.65. The highest BCUT2D eigenvalue weighted by molar-refractivity contribution is 7.91. The third-order valence-electron chi connectivity index (χ3n) is 12.0. The molecule has 0 spiro atoms. The van der Waals surface area contributed by atoms with Crippen molar-refractivity contribution in [1.29, 1.82) is 0 Å². The number of nitrogens with zero attached hydrogens (tertiary/aromatic N) is 1. The Morgan fingerprint density at radius 1 is 0.689 bits per heavy atom. The van der Waals surface area contributed by atoms with Crippen LogP contribution < -0.4 is 4.90 Å². The average Bonchev–Trinajstić information content (AvgIpc) is 3.26. The highest BCUT2D eigenvalue weighted by Crippen LogP contribution is 2.47. The summed E-state index contributed by atoms with van der Waals surface area (Å²) >= 11 is 0. The van der Waals surface area contributed by atoms with Crippen molar-refractivity contribution in [3.8, 4) is 11.1 Å². The fourth-order valence-electron chi connectivity index (χ4n) is 8.33. The number of ether oxygens (including phenoxy) is 3. The molecule has 0 saturated carbocycles. The summed E-state index contributed by atoms with van der Waals surface area (Å²) in [5, 5.41) is 72.0. The minimum atomic E-state index is -4.17. The van der Waals surface area contributed by atoms with Crippen molar-refractivity contribution in [1.82, 2.24) is 0 Å². The largest absolute Gasteiger partial charge is 0.394 e. The number of hydrogen-bond donors (Lipinski definition) is 7. The highest BCUT2D eigenvalue weighted by atomic mass is 32.2. The van der Waals surface area contributed by atoms with E-state index in [4.69, 9.17) is 14.2 Å². The van der Waals surface area contributed by atoms with Gasteiger partial charge in [0.15, 0.2) is 16.1 Å². The van der Waals surface area contributed by atoms with Crippen LogP contribution in [0.1, 0.15) is 42.9 Å². The predicted octanol–water partition coefficient (Wildman–Crippen LogP) is 2.36. The number of anilines is 1. The molecule has 328 valence electrons. The maximum absolute atomic E-state index is 13.8. The Hall–Kier alpha value is -4.24. The molecule has 61 heavy (non-hydrogen) atoms. The lowest BCUT2D eigenvalue weighted by Gasteiger charge is -2.48. The second kappa shape index (κ2) is 18.6. The first-order valence-corrected chi connectivity index (χ1v) is 21.6. The number of aliphatic hydroxyl groups is 7. The Morgan fingerprint density at radius 3 is 1.84 bits per heavy atom. The first-order chi connectivity index (χ1) is 29.1. The predicted molar refractivity (Wildman–Crippen MR) is 214 cm³/mol. The van der Waals surface area contributed by atoms with Crippen LogP contribution in [0.15, 0.2) is 102 Å². The lowest BCUT2D eigenvalue weighted by atomic mass is 9.77. The number of sulfone groups is 1. The van der Waals surface area contributed by atoms with Crippen LogP contribution in [0.5, 0.6) is 0 Å². The zero-order valence-corrected chi connectivity index (χ0v) is 33.8. The van der Waals surface area contributed by atoms with Crippen molar-refractivity contribution in [2.75, 3.05) is 23.9 Å². The Morgan fingerprint density at radius 2 is 1.25 bits per heavy atom. The molecule has 4 unspecified atom stereocenters. The van der Waals surface area contributed by atoms with Gasteiger partial charge in [0.25, 0.3) is 0 Å². The molecule has 13 atom stereocenters. The summed E-state index contributed by atoms with van der Waals surface area (Å²) in [7, 11) is -4.17. The zero-order valence-electron chi connectivity index (χ0n) is 33.0. The van der Waals surface area contributed by atoms with Gasteiger partial charge in [0.1, 0.15) is 66.6 Å². The minimum absolute atomic E-state index is 0.0764. The number of benzene rings is 4. The first kappa shape index (κ1) is 44.8. The maximum atomic E-state index is 13.8. The number of carbonyl (C=O) groups excluding carboxylic acids is 1. The number of halogens is 2. The molecule has 17 heteroatoms. The summed E-state index contributed by atoms with van der Waals surface area (Å²) < 4.78 is 71.1. The van der Waals surface area contributed by atoms with Crippen LogP contribution in [0.25, 0.3) is 11.1 Å². The van der Waals surface area contributed by atoms with Gasteiger partial charge in [-0.3, -0.25) is 4.79 Å². The van der Waals surface area contributed by atoms with Crippen molar-refractivity contribution in [2.24, 2.45) is 5.92 Å².